The van der Waals surface area contributed by atoms with Crippen molar-refractivity contribution in [2.45, 2.75) is 6.54 Å². The smallest absolute Gasteiger partial charge is 0.268 e. The van der Waals surface area contributed by atoms with Gasteiger partial charge in [0.1, 0.15) is 11.4 Å². The van der Waals surface area contributed by atoms with Crippen LogP contribution in [-0.2, 0) is 6.54 Å². The van der Waals surface area contributed by atoms with Crippen molar-refractivity contribution in [2.75, 3.05) is 0 Å². The number of H-pyrrole nitrogens is 1. The summed E-state index contributed by atoms with van der Waals surface area (Å²) in [4.78, 5) is 15.2. The first-order valence-corrected chi connectivity index (χ1v) is 7.51. The minimum atomic E-state index is -0.175. The van der Waals surface area contributed by atoms with Gasteiger partial charge in [0.05, 0.1) is 23.0 Å². The van der Waals surface area contributed by atoms with Crippen molar-refractivity contribution in [1.82, 2.24) is 15.5 Å². The van der Waals surface area contributed by atoms with Gasteiger partial charge in [-0.3, -0.25) is 4.79 Å². The first kappa shape index (κ1) is 12.9. The fourth-order valence-electron chi connectivity index (χ4n) is 2.17. The van der Waals surface area contributed by atoms with Crippen LogP contribution in [0.3, 0.4) is 0 Å². The van der Waals surface area contributed by atoms with E-state index in [1.807, 2.05) is 17.5 Å². The van der Waals surface area contributed by atoms with Crippen LogP contribution in [0.1, 0.15) is 16.2 Å². The molecule has 7 heteroatoms. The second kappa shape index (κ2) is 5.19. The van der Waals surface area contributed by atoms with Crippen LogP contribution in [0.5, 0.6) is 0 Å². The molecule has 0 spiro atoms. The second-order valence-electron chi connectivity index (χ2n) is 4.72. The zero-order valence-electron chi connectivity index (χ0n) is 11.3. The summed E-state index contributed by atoms with van der Waals surface area (Å²) in [6, 6.07) is 9.09. The largest absolute Gasteiger partial charge is 0.461 e. The van der Waals surface area contributed by atoms with Gasteiger partial charge in [0, 0.05) is 6.07 Å². The molecule has 0 fully saturated rings. The molecule has 1 amide bonds. The molecule has 0 saturated heterocycles. The van der Waals surface area contributed by atoms with Gasteiger partial charge in [-0.25, -0.2) is 0 Å². The lowest BCUT2D eigenvalue weighted by Gasteiger charge is -1.99. The average Bonchev–Trinajstić information content (AvgIpc) is 3.26. The van der Waals surface area contributed by atoms with E-state index in [0.29, 0.717) is 22.9 Å². The average molecular weight is 313 g/mol. The number of hydrogen-bond donors (Lipinski definition) is 2. The number of carbonyl (C=O) groups excluding carboxylic acids is 1. The molecule has 0 atom stereocenters. The summed E-state index contributed by atoms with van der Waals surface area (Å²) < 4.78 is 11.5. The highest BCUT2D eigenvalue weighted by Gasteiger charge is 2.12. The number of nitrogens with one attached hydrogen (secondary N) is 2. The van der Waals surface area contributed by atoms with Crippen LogP contribution in [0.15, 0.2) is 50.9 Å². The van der Waals surface area contributed by atoms with Crippen LogP contribution in [0.4, 0.5) is 0 Å². The topological polar surface area (TPSA) is 84.1 Å². The standard InChI is InChI=1S/C15H11N3O3S/c19-15(11-7-14-10(17-11)3-5-22-14)16-8-9-6-13(21-18-9)12-2-1-4-20-12/h1-7,17H,8H2,(H,16,19). The van der Waals surface area contributed by atoms with Crippen molar-refractivity contribution in [2.24, 2.45) is 0 Å². The van der Waals surface area contributed by atoms with E-state index in [1.165, 1.54) is 0 Å². The third-order valence-corrected chi connectivity index (χ3v) is 4.10. The fourth-order valence-corrected chi connectivity index (χ4v) is 2.95. The van der Waals surface area contributed by atoms with E-state index in [4.69, 9.17) is 8.94 Å². The van der Waals surface area contributed by atoms with Crippen LogP contribution in [0.25, 0.3) is 21.7 Å². The highest BCUT2D eigenvalue weighted by molar-refractivity contribution is 7.17. The number of carbonyl (C=O) groups is 1. The Morgan fingerprint density at radius 2 is 2.27 bits per heavy atom. The van der Waals surface area contributed by atoms with Crippen molar-refractivity contribution in [3.8, 4) is 11.5 Å². The van der Waals surface area contributed by atoms with Gasteiger partial charge in [-0.1, -0.05) is 5.16 Å². The van der Waals surface area contributed by atoms with E-state index < -0.39 is 0 Å². The molecule has 0 aliphatic carbocycles. The van der Waals surface area contributed by atoms with E-state index in [0.717, 1.165) is 10.2 Å². The molecule has 0 bridgehead atoms. The SMILES string of the molecule is O=C(NCc1cc(-c2ccco2)on1)c1cc2sccc2[nH]1. The van der Waals surface area contributed by atoms with E-state index >= 15 is 0 Å². The predicted molar refractivity (Wildman–Crippen MR) is 81.6 cm³/mol. The number of amides is 1. The summed E-state index contributed by atoms with van der Waals surface area (Å²) in [5.74, 6) is 0.968. The van der Waals surface area contributed by atoms with E-state index in [9.17, 15) is 4.79 Å². The monoisotopic (exact) mass is 313 g/mol. The van der Waals surface area contributed by atoms with Crippen LogP contribution in [0, 0.1) is 0 Å². The highest BCUT2D eigenvalue weighted by atomic mass is 32.1. The van der Waals surface area contributed by atoms with Crippen molar-refractivity contribution in [3.63, 3.8) is 0 Å². The van der Waals surface area contributed by atoms with E-state index in [-0.39, 0.29) is 12.5 Å². The van der Waals surface area contributed by atoms with Gasteiger partial charge in [-0.15, -0.1) is 11.3 Å². The number of hydrogen-bond acceptors (Lipinski definition) is 5. The minimum Gasteiger partial charge on any atom is -0.461 e. The van der Waals surface area contributed by atoms with Crippen molar-refractivity contribution in [3.05, 3.63) is 53.4 Å². The summed E-state index contributed by atoms with van der Waals surface area (Å²) in [7, 11) is 0. The molecule has 0 aromatic carbocycles. The third kappa shape index (κ3) is 2.31. The molecule has 4 heterocycles. The maximum Gasteiger partial charge on any atom is 0.268 e. The van der Waals surface area contributed by atoms with E-state index in [2.05, 4.69) is 15.5 Å². The van der Waals surface area contributed by atoms with E-state index in [1.54, 1.807) is 35.8 Å². The zero-order valence-corrected chi connectivity index (χ0v) is 12.1. The Bertz CT molecular complexity index is 888. The third-order valence-electron chi connectivity index (χ3n) is 3.24. The van der Waals surface area contributed by atoms with Crippen LogP contribution in [0.2, 0.25) is 0 Å². The highest BCUT2D eigenvalue weighted by Crippen LogP contribution is 2.22. The molecule has 0 radical (unpaired) electrons. The van der Waals surface area contributed by atoms with Gasteiger partial charge in [0.15, 0.2) is 5.76 Å². The van der Waals surface area contributed by atoms with Crippen molar-refractivity contribution < 1.29 is 13.7 Å². The summed E-state index contributed by atoms with van der Waals surface area (Å²) in [5.41, 5.74) is 2.14. The molecule has 2 N–H and O–H groups in total. The Labute approximate surface area is 128 Å². The number of thiophene rings is 1. The lowest BCUT2D eigenvalue weighted by atomic mass is 10.3. The molecule has 110 valence electrons. The summed E-state index contributed by atoms with van der Waals surface area (Å²) in [5, 5.41) is 8.70. The Hall–Kier alpha value is -2.80. The fraction of sp³-hybridized carbons (Fsp3) is 0.0667. The molecule has 4 rings (SSSR count). The number of fused-ring (bicyclic) bond motifs is 1. The van der Waals surface area contributed by atoms with Gasteiger partial charge in [-0.2, -0.15) is 0 Å². The predicted octanol–water partition coefficient (Wildman–Crippen LogP) is 3.41. The molecule has 22 heavy (non-hydrogen) atoms. The van der Waals surface area contributed by atoms with Gasteiger partial charge >= 0.3 is 0 Å². The van der Waals surface area contributed by atoms with Gasteiger partial charge < -0.3 is 19.2 Å². The molecule has 0 unspecified atom stereocenters. The maximum atomic E-state index is 12.1. The van der Waals surface area contributed by atoms with Gasteiger partial charge in [0.2, 0.25) is 5.76 Å². The Morgan fingerprint density at radius 3 is 3.09 bits per heavy atom. The number of aromatic amines is 1. The maximum absolute atomic E-state index is 12.1. The summed E-state index contributed by atoms with van der Waals surface area (Å²) >= 11 is 1.59. The quantitative estimate of drug-likeness (QED) is 0.604. The molecule has 4 aromatic heterocycles. The van der Waals surface area contributed by atoms with Crippen molar-refractivity contribution >= 4 is 27.5 Å². The molecule has 4 aromatic rings. The first-order chi connectivity index (χ1) is 10.8. The van der Waals surface area contributed by atoms with Crippen LogP contribution < -0.4 is 5.32 Å². The molecule has 6 nitrogen and oxygen atoms in total. The number of aromatic nitrogens is 2. The number of nitrogens with zero attached hydrogens (tertiary/aromatic N) is 1. The molecular formula is C15H11N3O3S. The van der Waals surface area contributed by atoms with Gasteiger partial charge in [-0.05, 0) is 29.6 Å². The minimum absolute atomic E-state index is 0.175. The van der Waals surface area contributed by atoms with Crippen molar-refractivity contribution in [1.29, 1.82) is 0 Å². The van der Waals surface area contributed by atoms with Gasteiger partial charge in [0.25, 0.3) is 5.91 Å². The number of rotatable bonds is 4. The molecule has 0 saturated carbocycles. The normalized spacial score (nSPS) is 11.1. The number of furan rings is 1. The Morgan fingerprint density at radius 1 is 1.32 bits per heavy atom. The Balaban J connectivity index is 1.44. The summed E-state index contributed by atoms with van der Waals surface area (Å²) in [6.07, 6.45) is 1.57. The lowest BCUT2D eigenvalue weighted by molar-refractivity contribution is 0.0946. The van der Waals surface area contributed by atoms with Crippen LogP contribution in [-0.4, -0.2) is 16.0 Å². The first-order valence-electron chi connectivity index (χ1n) is 6.63. The Kier molecular flexibility index (Phi) is 3.05. The molecule has 0 aliphatic heterocycles. The van der Waals surface area contributed by atoms with Crippen LogP contribution >= 0.6 is 11.3 Å². The second-order valence-corrected chi connectivity index (χ2v) is 5.67. The zero-order chi connectivity index (χ0) is 14.9. The molecule has 0 aliphatic rings. The lowest BCUT2D eigenvalue weighted by Crippen LogP contribution is -2.23. The summed E-state index contributed by atoms with van der Waals surface area (Å²) in [6.45, 7) is 0.287. The molecular weight excluding hydrogens is 302 g/mol.